The third-order valence-corrected chi connectivity index (χ3v) is 5.89. The number of hydrogen-bond donors (Lipinski definition) is 1. The molecule has 0 aromatic heterocycles. The van der Waals surface area contributed by atoms with E-state index in [2.05, 4.69) is 33.4 Å². The van der Waals surface area contributed by atoms with Gasteiger partial charge >= 0.3 is 5.97 Å². The molecule has 0 saturated heterocycles. The van der Waals surface area contributed by atoms with E-state index in [1.165, 1.54) is 51.2 Å². The van der Waals surface area contributed by atoms with Crippen LogP contribution in [-0.4, -0.2) is 25.2 Å². The number of nitrogens with one attached hydrogen (secondary N) is 1. The molecule has 0 unspecified atom stereocenters. The molecular weight excluding hydrogens is 496 g/mol. The summed E-state index contributed by atoms with van der Waals surface area (Å²) in [5.41, 5.74) is 3.53. The lowest BCUT2D eigenvalue weighted by atomic mass is 10.1. The predicted octanol–water partition coefficient (Wildman–Crippen LogP) is 7.05. The molecule has 6 nitrogen and oxygen atoms in total. The summed E-state index contributed by atoms with van der Waals surface area (Å²) in [6, 6.07) is 11.9. The summed E-state index contributed by atoms with van der Waals surface area (Å²) in [5.74, 6) is 0.395. The van der Waals surface area contributed by atoms with E-state index in [1.807, 2.05) is 0 Å². The van der Waals surface area contributed by atoms with Crippen molar-refractivity contribution in [3.8, 4) is 11.5 Å². The first-order valence-electron chi connectivity index (χ1n) is 12.0. The number of unbranched alkanes of at least 4 members (excludes halogenated alkanes) is 8. The largest absolute Gasteiger partial charge is 0.497 e. The third kappa shape index (κ3) is 10.5. The second kappa shape index (κ2) is 16.0. The number of rotatable bonds is 15. The zero-order valence-corrected chi connectivity index (χ0v) is 21.7. The van der Waals surface area contributed by atoms with Crippen LogP contribution in [0.3, 0.4) is 0 Å². The van der Waals surface area contributed by atoms with Gasteiger partial charge in [-0.1, -0.05) is 74.2 Å². The number of nitrogens with zero attached hydrogens (tertiary/aromatic N) is 1. The van der Waals surface area contributed by atoms with Crippen LogP contribution >= 0.6 is 15.9 Å². The van der Waals surface area contributed by atoms with E-state index in [0.717, 1.165) is 17.3 Å². The molecule has 34 heavy (non-hydrogen) atoms. The summed E-state index contributed by atoms with van der Waals surface area (Å²) in [7, 11) is 1.57. The Morgan fingerprint density at radius 1 is 0.941 bits per heavy atom. The minimum Gasteiger partial charge on any atom is -0.497 e. The van der Waals surface area contributed by atoms with Gasteiger partial charge in [-0.15, -0.1) is 0 Å². The molecule has 0 spiro atoms. The highest BCUT2D eigenvalue weighted by molar-refractivity contribution is 9.10. The van der Waals surface area contributed by atoms with E-state index in [-0.39, 0.29) is 5.91 Å². The molecule has 0 bridgehead atoms. The van der Waals surface area contributed by atoms with Crippen molar-refractivity contribution in [3.05, 3.63) is 58.1 Å². The first kappa shape index (κ1) is 27.6. The summed E-state index contributed by atoms with van der Waals surface area (Å²) in [4.78, 5) is 24.6. The molecule has 1 N–H and O–H groups in total. The van der Waals surface area contributed by atoms with Gasteiger partial charge in [0.15, 0.2) is 0 Å². The Hall–Kier alpha value is -2.67. The molecule has 2 rings (SSSR count). The molecule has 2 aromatic carbocycles. The number of methoxy groups -OCH3 is 1. The van der Waals surface area contributed by atoms with Crippen LogP contribution in [-0.2, 0) is 4.79 Å². The Balaban J connectivity index is 1.78. The molecule has 1 amide bonds. The van der Waals surface area contributed by atoms with Crippen molar-refractivity contribution in [3.63, 3.8) is 0 Å². The number of esters is 1. The third-order valence-electron chi connectivity index (χ3n) is 5.40. The lowest BCUT2D eigenvalue weighted by molar-refractivity contribution is -0.121. The number of halogens is 1. The standard InChI is InChI=1S/C27H35BrN2O4/c1-3-4-5-6-7-8-9-10-11-12-26(31)30-29-20-22-19-23(28)15-18-25(22)34-27(32)21-13-16-24(33-2)17-14-21/h13-20H,3-12H2,1-2H3,(H,30,31)/b29-20-. The second-order valence-corrected chi connectivity index (χ2v) is 9.09. The summed E-state index contributed by atoms with van der Waals surface area (Å²) in [5, 5.41) is 4.05. The number of amides is 1. The maximum Gasteiger partial charge on any atom is 0.343 e. The zero-order valence-electron chi connectivity index (χ0n) is 20.1. The van der Waals surface area contributed by atoms with Gasteiger partial charge in [0.05, 0.1) is 18.9 Å². The van der Waals surface area contributed by atoms with Gasteiger partial charge in [0.1, 0.15) is 11.5 Å². The SMILES string of the molecule is CCCCCCCCCCCC(=O)N/N=C\c1cc(Br)ccc1OC(=O)c1ccc(OC)cc1. The van der Waals surface area contributed by atoms with E-state index in [4.69, 9.17) is 9.47 Å². The lowest BCUT2D eigenvalue weighted by Gasteiger charge is -2.08. The number of benzene rings is 2. The molecule has 0 heterocycles. The quantitative estimate of drug-likeness (QED) is 0.0879. The Labute approximate surface area is 211 Å². The molecule has 184 valence electrons. The molecule has 0 atom stereocenters. The number of carbonyl (C=O) groups excluding carboxylic acids is 2. The topological polar surface area (TPSA) is 77.0 Å². The van der Waals surface area contributed by atoms with Crippen LogP contribution in [0.2, 0.25) is 0 Å². The number of ether oxygens (including phenoxy) is 2. The maximum absolute atomic E-state index is 12.5. The minimum atomic E-state index is -0.492. The fraction of sp³-hybridized carbons (Fsp3) is 0.444. The predicted molar refractivity (Wildman–Crippen MR) is 140 cm³/mol. The highest BCUT2D eigenvalue weighted by atomic mass is 79.9. The molecule has 0 radical (unpaired) electrons. The Morgan fingerprint density at radius 2 is 1.59 bits per heavy atom. The van der Waals surface area contributed by atoms with Crippen LogP contribution in [0.1, 0.15) is 87.1 Å². The Morgan fingerprint density at radius 3 is 2.24 bits per heavy atom. The van der Waals surface area contributed by atoms with Gasteiger partial charge in [-0.2, -0.15) is 5.10 Å². The maximum atomic E-state index is 12.5. The molecular formula is C27H35BrN2O4. The van der Waals surface area contributed by atoms with E-state index < -0.39 is 5.97 Å². The first-order chi connectivity index (χ1) is 16.5. The van der Waals surface area contributed by atoms with Gasteiger partial charge in [-0.05, 0) is 48.9 Å². The lowest BCUT2D eigenvalue weighted by Crippen LogP contribution is -2.17. The molecule has 7 heteroatoms. The highest BCUT2D eigenvalue weighted by Crippen LogP contribution is 2.23. The van der Waals surface area contributed by atoms with Crippen LogP contribution in [0.15, 0.2) is 52.0 Å². The fourth-order valence-electron chi connectivity index (χ4n) is 3.42. The van der Waals surface area contributed by atoms with Crippen LogP contribution in [0.25, 0.3) is 0 Å². The van der Waals surface area contributed by atoms with Gasteiger partial charge in [-0.25, -0.2) is 10.2 Å². The van der Waals surface area contributed by atoms with Crippen molar-refractivity contribution in [1.29, 1.82) is 0 Å². The van der Waals surface area contributed by atoms with Crippen molar-refractivity contribution in [2.75, 3.05) is 7.11 Å². The smallest absolute Gasteiger partial charge is 0.343 e. The molecule has 2 aromatic rings. The zero-order chi connectivity index (χ0) is 24.6. The van der Waals surface area contributed by atoms with Crippen molar-refractivity contribution < 1.29 is 19.1 Å². The van der Waals surface area contributed by atoms with Crippen LogP contribution in [0.4, 0.5) is 0 Å². The fourth-order valence-corrected chi connectivity index (χ4v) is 3.80. The Bertz CT molecular complexity index is 929. The number of hydrazone groups is 1. The second-order valence-electron chi connectivity index (χ2n) is 8.17. The van der Waals surface area contributed by atoms with Crippen molar-refractivity contribution in [2.24, 2.45) is 5.10 Å². The number of carbonyl (C=O) groups is 2. The van der Waals surface area contributed by atoms with Crippen molar-refractivity contribution in [1.82, 2.24) is 5.43 Å². The van der Waals surface area contributed by atoms with Crippen LogP contribution in [0, 0.1) is 0 Å². The van der Waals surface area contributed by atoms with Crippen LogP contribution < -0.4 is 14.9 Å². The number of hydrogen-bond acceptors (Lipinski definition) is 5. The summed E-state index contributed by atoms with van der Waals surface area (Å²) >= 11 is 3.41. The Kier molecular flexibility index (Phi) is 13.0. The molecule has 0 saturated carbocycles. The average Bonchev–Trinajstić information content (AvgIpc) is 2.84. The summed E-state index contributed by atoms with van der Waals surface area (Å²) < 4.78 is 11.5. The average molecular weight is 531 g/mol. The van der Waals surface area contributed by atoms with E-state index in [9.17, 15) is 9.59 Å². The molecule has 0 aliphatic rings. The van der Waals surface area contributed by atoms with Crippen molar-refractivity contribution in [2.45, 2.75) is 71.1 Å². The van der Waals surface area contributed by atoms with Gasteiger partial charge in [0.2, 0.25) is 5.91 Å². The van der Waals surface area contributed by atoms with E-state index in [1.54, 1.807) is 49.6 Å². The summed E-state index contributed by atoms with van der Waals surface area (Å²) in [6.07, 6.45) is 12.8. The molecule has 0 fully saturated rings. The van der Waals surface area contributed by atoms with Crippen LogP contribution in [0.5, 0.6) is 11.5 Å². The van der Waals surface area contributed by atoms with Crippen molar-refractivity contribution >= 4 is 34.0 Å². The van der Waals surface area contributed by atoms with Gasteiger partial charge in [-0.3, -0.25) is 4.79 Å². The van der Waals surface area contributed by atoms with E-state index >= 15 is 0 Å². The molecule has 0 aliphatic heterocycles. The van der Waals surface area contributed by atoms with Gasteiger partial charge in [0.25, 0.3) is 0 Å². The van der Waals surface area contributed by atoms with E-state index in [0.29, 0.717) is 29.0 Å². The highest BCUT2D eigenvalue weighted by Gasteiger charge is 2.12. The summed E-state index contributed by atoms with van der Waals surface area (Å²) in [6.45, 7) is 2.23. The normalized spacial score (nSPS) is 10.9. The first-order valence-corrected chi connectivity index (χ1v) is 12.8. The van der Waals surface area contributed by atoms with Gasteiger partial charge in [0, 0.05) is 16.5 Å². The monoisotopic (exact) mass is 530 g/mol. The minimum absolute atomic E-state index is 0.119. The van der Waals surface area contributed by atoms with Gasteiger partial charge < -0.3 is 9.47 Å². The molecule has 0 aliphatic carbocycles.